The molecule has 0 unspecified atom stereocenters. The van der Waals surface area contributed by atoms with E-state index in [4.69, 9.17) is 4.52 Å². The fourth-order valence-corrected chi connectivity index (χ4v) is 2.31. The number of alkyl halides is 3. The van der Waals surface area contributed by atoms with E-state index < -0.39 is 6.36 Å². The first-order valence-electron chi connectivity index (χ1n) is 7.75. The Bertz CT molecular complexity index is 863. The van der Waals surface area contributed by atoms with Crippen molar-refractivity contribution >= 4 is 5.82 Å². The third-order valence-corrected chi connectivity index (χ3v) is 3.43. The van der Waals surface area contributed by atoms with E-state index in [0.717, 1.165) is 5.56 Å². The van der Waals surface area contributed by atoms with Gasteiger partial charge in [-0.2, -0.15) is 4.98 Å². The smallest absolute Gasteiger partial charge is 0.406 e. The molecule has 0 aliphatic carbocycles. The molecule has 0 spiro atoms. The maximum atomic E-state index is 12.2. The van der Waals surface area contributed by atoms with Crippen molar-refractivity contribution < 1.29 is 22.4 Å². The number of halogens is 3. The highest BCUT2D eigenvalue weighted by Gasteiger charge is 2.30. The van der Waals surface area contributed by atoms with Crippen LogP contribution in [-0.4, -0.2) is 28.0 Å². The molecule has 0 bridgehead atoms. The highest BCUT2D eigenvalue weighted by atomic mass is 19.4. The first-order chi connectivity index (χ1) is 12.4. The van der Waals surface area contributed by atoms with E-state index >= 15 is 0 Å². The summed E-state index contributed by atoms with van der Waals surface area (Å²) in [5.41, 5.74) is 1.54. The molecule has 1 N–H and O–H groups in total. The molecular weight excluding hydrogens is 349 g/mol. The minimum Gasteiger partial charge on any atom is -0.406 e. The van der Waals surface area contributed by atoms with Gasteiger partial charge in [-0.05, 0) is 43.2 Å². The van der Waals surface area contributed by atoms with Gasteiger partial charge < -0.3 is 14.6 Å². The maximum absolute atomic E-state index is 12.2. The molecule has 0 saturated heterocycles. The number of aromatic nitrogens is 3. The van der Waals surface area contributed by atoms with Crippen LogP contribution in [0.25, 0.3) is 11.5 Å². The zero-order chi connectivity index (χ0) is 18.6. The standard InChI is InChI=1S/C17H15F3N4O2/c1-11-23-16(26-24-11)14-3-2-9-21-15(14)22-10-8-12-4-6-13(7-5-12)25-17(18,19)20/h2-7,9H,8,10H2,1H3,(H,21,22). The summed E-state index contributed by atoms with van der Waals surface area (Å²) in [5, 5.41) is 6.93. The number of hydrogen-bond donors (Lipinski definition) is 1. The Labute approximate surface area is 147 Å². The predicted molar refractivity (Wildman–Crippen MR) is 87.6 cm³/mol. The van der Waals surface area contributed by atoms with Crippen LogP contribution in [0.3, 0.4) is 0 Å². The summed E-state index contributed by atoms with van der Waals surface area (Å²) in [6, 6.07) is 9.32. The predicted octanol–water partition coefficient (Wildman–Crippen LogP) is 3.99. The molecule has 0 amide bonds. The Hall–Kier alpha value is -3.10. The van der Waals surface area contributed by atoms with Crippen molar-refractivity contribution in [2.45, 2.75) is 19.7 Å². The summed E-state index contributed by atoms with van der Waals surface area (Å²) >= 11 is 0. The Morgan fingerprint density at radius 3 is 2.58 bits per heavy atom. The largest absolute Gasteiger partial charge is 0.573 e. The third kappa shape index (κ3) is 4.71. The number of rotatable bonds is 6. The van der Waals surface area contributed by atoms with Gasteiger partial charge in [-0.25, -0.2) is 4.98 Å². The second-order valence-corrected chi connectivity index (χ2v) is 5.41. The van der Waals surface area contributed by atoms with E-state index in [1.807, 2.05) is 6.07 Å². The monoisotopic (exact) mass is 364 g/mol. The second kappa shape index (κ2) is 7.42. The lowest BCUT2D eigenvalue weighted by Gasteiger charge is -2.10. The van der Waals surface area contributed by atoms with Crippen molar-refractivity contribution in [1.82, 2.24) is 15.1 Å². The second-order valence-electron chi connectivity index (χ2n) is 5.41. The van der Waals surface area contributed by atoms with Gasteiger partial charge in [0.15, 0.2) is 5.82 Å². The van der Waals surface area contributed by atoms with Crippen molar-refractivity contribution in [2.75, 3.05) is 11.9 Å². The molecule has 0 fully saturated rings. The lowest BCUT2D eigenvalue weighted by molar-refractivity contribution is -0.274. The molecule has 136 valence electrons. The van der Waals surface area contributed by atoms with Crippen LogP contribution in [0, 0.1) is 6.92 Å². The zero-order valence-corrected chi connectivity index (χ0v) is 13.7. The molecule has 9 heteroatoms. The van der Waals surface area contributed by atoms with Crippen molar-refractivity contribution in [3.63, 3.8) is 0 Å². The number of aryl methyl sites for hydroxylation is 1. The lowest BCUT2D eigenvalue weighted by atomic mass is 10.1. The van der Waals surface area contributed by atoms with Crippen molar-refractivity contribution in [3.8, 4) is 17.2 Å². The Balaban J connectivity index is 1.60. The summed E-state index contributed by atoms with van der Waals surface area (Å²) in [6.45, 7) is 2.25. The lowest BCUT2D eigenvalue weighted by Crippen LogP contribution is -2.17. The molecule has 0 radical (unpaired) electrons. The van der Waals surface area contributed by atoms with E-state index in [1.165, 1.54) is 12.1 Å². The first kappa shape index (κ1) is 17.7. The van der Waals surface area contributed by atoms with Gasteiger partial charge in [-0.15, -0.1) is 13.2 Å². The average molecular weight is 364 g/mol. The molecule has 6 nitrogen and oxygen atoms in total. The van der Waals surface area contributed by atoms with E-state index in [-0.39, 0.29) is 5.75 Å². The van der Waals surface area contributed by atoms with E-state index in [9.17, 15) is 13.2 Å². The van der Waals surface area contributed by atoms with Gasteiger partial charge in [-0.1, -0.05) is 17.3 Å². The normalized spacial score (nSPS) is 11.4. The fourth-order valence-electron chi connectivity index (χ4n) is 2.31. The Morgan fingerprint density at radius 1 is 1.15 bits per heavy atom. The number of anilines is 1. The molecule has 0 aliphatic rings. The number of ether oxygens (including phenoxy) is 1. The number of nitrogens with zero attached hydrogens (tertiary/aromatic N) is 3. The minimum atomic E-state index is -4.69. The molecule has 1 aromatic carbocycles. The average Bonchev–Trinajstić information content (AvgIpc) is 3.02. The molecule has 26 heavy (non-hydrogen) atoms. The topological polar surface area (TPSA) is 73.1 Å². The summed E-state index contributed by atoms with van der Waals surface area (Å²) in [7, 11) is 0. The van der Waals surface area contributed by atoms with Crippen LogP contribution in [0.4, 0.5) is 19.0 Å². The van der Waals surface area contributed by atoms with Crippen LogP contribution in [0.15, 0.2) is 47.1 Å². The Morgan fingerprint density at radius 2 is 1.92 bits per heavy atom. The zero-order valence-electron chi connectivity index (χ0n) is 13.7. The number of benzene rings is 1. The number of nitrogens with one attached hydrogen (secondary N) is 1. The van der Waals surface area contributed by atoms with Gasteiger partial charge in [0.05, 0.1) is 5.56 Å². The van der Waals surface area contributed by atoms with Gasteiger partial charge in [0.2, 0.25) is 0 Å². The molecule has 0 saturated carbocycles. The van der Waals surface area contributed by atoms with Crippen LogP contribution in [0.2, 0.25) is 0 Å². The number of hydrogen-bond acceptors (Lipinski definition) is 6. The molecule has 2 aromatic heterocycles. The van der Waals surface area contributed by atoms with Gasteiger partial charge in [-0.3, -0.25) is 0 Å². The van der Waals surface area contributed by atoms with Crippen molar-refractivity contribution in [1.29, 1.82) is 0 Å². The molecule has 2 heterocycles. The van der Waals surface area contributed by atoms with Gasteiger partial charge in [0, 0.05) is 12.7 Å². The summed E-state index contributed by atoms with van der Waals surface area (Å²) < 4.78 is 45.5. The Kier molecular flexibility index (Phi) is 5.06. The van der Waals surface area contributed by atoms with Gasteiger partial charge >= 0.3 is 6.36 Å². The van der Waals surface area contributed by atoms with Crippen LogP contribution in [-0.2, 0) is 6.42 Å². The van der Waals surface area contributed by atoms with E-state index in [2.05, 4.69) is 25.2 Å². The molecule has 0 atom stereocenters. The van der Waals surface area contributed by atoms with Crippen LogP contribution >= 0.6 is 0 Å². The third-order valence-electron chi connectivity index (χ3n) is 3.43. The van der Waals surface area contributed by atoms with Gasteiger partial charge in [0.1, 0.15) is 11.6 Å². The highest BCUT2D eigenvalue weighted by Crippen LogP contribution is 2.25. The maximum Gasteiger partial charge on any atom is 0.573 e. The molecule has 0 aliphatic heterocycles. The van der Waals surface area contributed by atoms with Crippen LogP contribution in [0.1, 0.15) is 11.4 Å². The minimum absolute atomic E-state index is 0.243. The summed E-state index contributed by atoms with van der Waals surface area (Å²) in [5.74, 6) is 1.24. The van der Waals surface area contributed by atoms with Crippen molar-refractivity contribution in [2.24, 2.45) is 0 Å². The SMILES string of the molecule is Cc1noc(-c2cccnc2NCCc2ccc(OC(F)(F)F)cc2)n1. The fraction of sp³-hybridized carbons (Fsp3) is 0.235. The van der Waals surface area contributed by atoms with Crippen LogP contribution < -0.4 is 10.1 Å². The van der Waals surface area contributed by atoms with E-state index in [0.29, 0.717) is 36.1 Å². The molecular formula is C17H15F3N4O2. The molecule has 3 rings (SSSR count). The van der Waals surface area contributed by atoms with Gasteiger partial charge in [0.25, 0.3) is 5.89 Å². The molecule has 3 aromatic rings. The van der Waals surface area contributed by atoms with Crippen molar-refractivity contribution in [3.05, 3.63) is 54.0 Å². The van der Waals surface area contributed by atoms with Crippen LogP contribution in [0.5, 0.6) is 5.75 Å². The first-order valence-corrected chi connectivity index (χ1v) is 7.75. The summed E-state index contributed by atoms with van der Waals surface area (Å²) in [6.07, 6.45) is -2.46. The quantitative estimate of drug-likeness (QED) is 0.713. The highest BCUT2D eigenvalue weighted by molar-refractivity contribution is 5.68. The van der Waals surface area contributed by atoms with E-state index in [1.54, 1.807) is 31.3 Å². The number of pyridine rings is 1. The summed E-state index contributed by atoms with van der Waals surface area (Å²) in [4.78, 5) is 8.45.